The fourth-order valence-corrected chi connectivity index (χ4v) is 2.44. The zero-order chi connectivity index (χ0) is 18.1. The van der Waals surface area contributed by atoms with E-state index >= 15 is 0 Å². The van der Waals surface area contributed by atoms with Crippen LogP contribution >= 0.6 is 0 Å². The summed E-state index contributed by atoms with van der Waals surface area (Å²) in [4.78, 5) is 10.8. The van der Waals surface area contributed by atoms with Gasteiger partial charge in [-0.15, -0.1) is 0 Å². The number of hydrogen-bond donors (Lipinski definition) is 0. The van der Waals surface area contributed by atoms with Crippen molar-refractivity contribution >= 4 is 12.0 Å². The third-order valence-corrected chi connectivity index (χ3v) is 3.54. The van der Waals surface area contributed by atoms with E-state index in [2.05, 4.69) is 0 Å². The minimum absolute atomic E-state index is 0.298. The number of carbonyl (C=O) groups excluding carboxylic acids is 1. The Kier molecular flexibility index (Phi) is 4.51. The van der Waals surface area contributed by atoms with Gasteiger partial charge < -0.3 is 14.5 Å². The Morgan fingerprint density at radius 1 is 1.29 bits per heavy atom. The zero-order valence-corrected chi connectivity index (χ0v) is 12.8. The Labute approximate surface area is 136 Å². The molecule has 24 heavy (non-hydrogen) atoms. The summed E-state index contributed by atoms with van der Waals surface area (Å²) in [6.07, 6.45) is -3.32. The maximum Gasteiger partial charge on any atom is 0.416 e. The summed E-state index contributed by atoms with van der Waals surface area (Å²) in [5.74, 6) is -1.61. The minimum atomic E-state index is -4.46. The van der Waals surface area contributed by atoms with Crippen molar-refractivity contribution in [3.63, 3.8) is 0 Å². The highest BCUT2D eigenvalue weighted by Gasteiger charge is 2.30. The highest BCUT2D eigenvalue weighted by molar-refractivity contribution is 5.95. The molecule has 0 aliphatic rings. The number of benzene rings is 1. The predicted octanol–water partition coefficient (Wildman–Crippen LogP) is 2.77. The summed E-state index contributed by atoms with van der Waals surface area (Å²) < 4.78 is 40.2. The number of halogens is 3. The van der Waals surface area contributed by atoms with Crippen molar-refractivity contribution in [2.45, 2.75) is 20.0 Å². The van der Waals surface area contributed by atoms with Crippen LogP contribution in [0.4, 0.5) is 13.2 Å². The normalized spacial score (nSPS) is 12.1. The molecule has 1 aromatic heterocycles. The number of aliphatic carboxylic acids is 1. The number of hydrogen-bond acceptors (Lipinski definition) is 3. The molecular weight excluding hydrogens is 321 g/mol. The monoisotopic (exact) mass is 333 g/mol. The number of nitriles is 1. The molecule has 4 nitrogen and oxygen atoms in total. The minimum Gasteiger partial charge on any atom is -0.544 e. The first kappa shape index (κ1) is 17.3. The molecule has 0 aliphatic heterocycles. The zero-order valence-electron chi connectivity index (χ0n) is 12.8. The van der Waals surface area contributed by atoms with Crippen molar-refractivity contribution < 1.29 is 23.1 Å². The van der Waals surface area contributed by atoms with Crippen LogP contribution in [0.3, 0.4) is 0 Å². The van der Waals surface area contributed by atoms with Gasteiger partial charge in [-0.2, -0.15) is 18.4 Å². The van der Waals surface area contributed by atoms with Gasteiger partial charge >= 0.3 is 6.18 Å². The SMILES string of the molecule is Cc1cc(/C=C(/C#N)C(=O)[O-])c(C)n1-c1cccc(C(F)(F)F)c1. The second-order valence-electron chi connectivity index (χ2n) is 5.17. The van der Waals surface area contributed by atoms with Crippen LogP contribution in [0, 0.1) is 25.2 Å². The van der Waals surface area contributed by atoms with Crippen LogP contribution in [-0.2, 0) is 11.0 Å². The third-order valence-electron chi connectivity index (χ3n) is 3.54. The van der Waals surface area contributed by atoms with Crippen molar-refractivity contribution in [1.82, 2.24) is 4.57 Å². The predicted molar refractivity (Wildman–Crippen MR) is 78.8 cm³/mol. The van der Waals surface area contributed by atoms with Gasteiger partial charge in [0, 0.05) is 17.1 Å². The Balaban J connectivity index is 2.59. The lowest BCUT2D eigenvalue weighted by Crippen LogP contribution is -2.23. The molecular formula is C17H12F3N2O2-. The topological polar surface area (TPSA) is 68.8 Å². The van der Waals surface area contributed by atoms with Gasteiger partial charge in [-0.1, -0.05) is 6.07 Å². The summed E-state index contributed by atoms with van der Waals surface area (Å²) >= 11 is 0. The van der Waals surface area contributed by atoms with Gasteiger partial charge in [-0.05, 0) is 49.8 Å². The molecule has 7 heteroatoms. The lowest BCUT2D eigenvalue weighted by molar-refractivity contribution is -0.298. The molecule has 0 fully saturated rings. The van der Waals surface area contributed by atoms with Crippen LogP contribution < -0.4 is 5.11 Å². The Hall–Kier alpha value is -3.01. The molecule has 2 rings (SSSR count). The van der Waals surface area contributed by atoms with Gasteiger partial charge in [-0.3, -0.25) is 0 Å². The molecule has 0 atom stereocenters. The first-order chi connectivity index (χ1) is 11.1. The van der Waals surface area contributed by atoms with E-state index in [-0.39, 0.29) is 0 Å². The first-order valence-electron chi connectivity index (χ1n) is 6.85. The fraction of sp³-hybridized carbons (Fsp3) is 0.176. The molecule has 0 unspecified atom stereocenters. The van der Waals surface area contributed by atoms with Gasteiger partial charge in [0.1, 0.15) is 6.07 Å². The number of alkyl halides is 3. The molecule has 2 aromatic rings. The van der Waals surface area contributed by atoms with Crippen LogP contribution in [0.15, 0.2) is 35.9 Å². The van der Waals surface area contributed by atoms with Gasteiger partial charge in [0.25, 0.3) is 0 Å². The van der Waals surface area contributed by atoms with Crippen molar-refractivity contribution in [2.75, 3.05) is 0 Å². The number of rotatable bonds is 3. The quantitative estimate of drug-likeness (QED) is 0.641. The van der Waals surface area contributed by atoms with Crippen LogP contribution in [0.1, 0.15) is 22.5 Å². The van der Waals surface area contributed by atoms with Crippen molar-refractivity contribution in [2.24, 2.45) is 0 Å². The molecule has 0 radical (unpaired) electrons. The second-order valence-corrected chi connectivity index (χ2v) is 5.17. The van der Waals surface area contributed by atoms with Gasteiger partial charge in [-0.25, -0.2) is 0 Å². The summed E-state index contributed by atoms with van der Waals surface area (Å²) in [6.45, 7) is 3.30. The highest BCUT2D eigenvalue weighted by atomic mass is 19.4. The van der Waals surface area contributed by atoms with E-state index in [1.165, 1.54) is 18.2 Å². The molecule has 0 saturated heterocycles. The molecule has 124 valence electrons. The number of carbonyl (C=O) groups is 1. The first-order valence-corrected chi connectivity index (χ1v) is 6.85. The van der Waals surface area contributed by atoms with Crippen LogP contribution in [0.2, 0.25) is 0 Å². The Morgan fingerprint density at radius 2 is 1.96 bits per heavy atom. The second kappa shape index (κ2) is 6.24. The lowest BCUT2D eigenvalue weighted by atomic mass is 10.1. The molecule has 1 heterocycles. The molecule has 0 saturated carbocycles. The van der Waals surface area contributed by atoms with Gasteiger partial charge in [0.05, 0.1) is 17.1 Å². The number of aromatic nitrogens is 1. The summed E-state index contributed by atoms with van der Waals surface area (Å²) in [6, 6.07) is 7.92. The summed E-state index contributed by atoms with van der Waals surface area (Å²) in [5, 5.41) is 19.6. The largest absolute Gasteiger partial charge is 0.544 e. The Bertz CT molecular complexity index is 871. The smallest absolute Gasteiger partial charge is 0.416 e. The van der Waals surface area contributed by atoms with Gasteiger partial charge in [0.2, 0.25) is 0 Å². The van der Waals surface area contributed by atoms with Crippen molar-refractivity contribution in [3.8, 4) is 11.8 Å². The average Bonchev–Trinajstić information content (AvgIpc) is 2.77. The van der Waals surface area contributed by atoms with Crippen LogP contribution in [0.5, 0.6) is 0 Å². The summed E-state index contributed by atoms with van der Waals surface area (Å²) in [7, 11) is 0. The highest BCUT2D eigenvalue weighted by Crippen LogP contribution is 2.31. The number of carboxylic acids is 1. The van der Waals surface area contributed by atoms with E-state index in [1.54, 1.807) is 24.5 Å². The average molecular weight is 333 g/mol. The van der Waals surface area contributed by atoms with E-state index in [1.807, 2.05) is 0 Å². The molecule has 1 aromatic carbocycles. The van der Waals surface area contributed by atoms with E-state index in [4.69, 9.17) is 5.26 Å². The van der Waals surface area contributed by atoms with E-state index in [0.717, 1.165) is 18.2 Å². The third kappa shape index (κ3) is 3.33. The van der Waals surface area contributed by atoms with E-state index in [9.17, 15) is 23.1 Å². The Morgan fingerprint density at radius 3 is 2.50 bits per heavy atom. The van der Waals surface area contributed by atoms with E-state index in [0.29, 0.717) is 22.6 Å². The maximum atomic E-state index is 12.9. The van der Waals surface area contributed by atoms with Crippen LogP contribution in [-0.4, -0.2) is 10.5 Å². The fourth-order valence-electron chi connectivity index (χ4n) is 2.44. The van der Waals surface area contributed by atoms with E-state index < -0.39 is 23.3 Å². The molecule has 0 aliphatic carbocycles. The number of carboxylic acid groups (broad SMARTS) is 1. The number of nitrogens with zero attached hydrogens (tertiary/aromatic N) is 2. The molecule has 0 spiro atoms. The number of aryl methyl sites for hydroxylation is 1. The lowest BCUT2D eigenvalue weighted by Gasteiger charge is -2.13. The maximum absolute atomic E-state index is 12.9. The van der Waals surface area contributed by atoms with Crippen LogP contribution in [0.25, 0.3) is 11.8 Å². The standard InChI is InChI=1S/C17H13F3N2O2/c1-10-6-12(7-13(9-21)16(23)24)11(2)22(10)15-5-3-4-14(8-15)17(18,19)20/h3-8H,1-2H3,(H,23,24)/p-1/b13-7-. The summed E-state index contributed by atoms with van der Waals surface area (Å²) in [5.41, 5.74) is 0.503. The molecule has 0 bridgehead atoms. The molecule has 0 amide bonds. The van der Waals surface area contributed by atoms with Crippen molar-refractivity contribution in [1.29, 1.82) is 5.26 Å². The van der Waals surface area contributed by atoms with Gasteiger partial charge in [0.15, 0.2) is 0 Å². The molecule has 0 N–H and O–H groups in total. The van der Waals surface area contributed by atoms with Crippen molar-refractivity contribution in [3.05, 3.63) is 58.4 Å².